The topological polar surface area (TPSA) is 45.7 Å². The highest BCUT2D eigenvalue weighted by Crippen LogP contribution is 2.51. The fraction of sp³-hybridized carbons (Fsp3) is 0.381. The molecule has 172 valence electrons. The van der Waals surface area contributed by atoms with Crippen LogP contribution in [0.25, 0.3) is 0 Å². The van der Waals surface area contributed by atoms with Crippen LogP contribution in [0.3, 0.4) is 0 Å². The Hall–Kier alpha value is -1.58. The van der Waals surface area contributed by atoms with Crippen molar-refractivity contribution in [2.45, 2.75) is 42.8 Å². The summed E-state index contributed by atoms with van der Waals surface area (Å²) in [5, 5.41) is 3.41. The lowest BCUT2D eigenvalue weighted by Crippen LogP contribution is -2.52. The SMILES string of the molecule is CNNC1CC(F)(c2ccc(C3=NOC(c4cc(Cl)c(Cl)c(Cl)c4)(C(F)(F)F)C3)cc2)C1. The third-order valence-electron chi connectivity index (χ3n) is 5.86. The molecular weight excluding hydrogens is 493 g/mol. The Bertz CT molecular complexity index is 1030. The first-order chi connectivity index (χ1) is 15.0. The molecule has 2 aromatic rings. The molecule has 0 radical (unpaired) electrons. The molecule has 1 heterocycles. The number of halogens is 7. The van der Waals surface area contributed by atoms with Gasteiger partial charge in [0.1, 0.15) is 5.67 Å². The van der Waals surface area contributed by atoms with Gasteiger partial charge in [0.25, 0.3) is 5.60 Å². The second-order valence-corrected chi connectivity index (χ2v) is 9.12. The van der Waals surface area contributed by atoms with E-state index in [1.807, 2.05) is 0 Å². The van der Waals surface area contributed by atoms with Crippen molar-refractivity contribution in [1.29, 1.82) is 0 Å². The van der Waals surface area contributed by atoms with E-state index in [1.165, 1.54) is 0 Å². The number of hydrazine groups is 1. The molecule has 2 aliphatic rings. The molecule has 2 aromatic carbocycles. The Labute approximate surface area is 196 Å². The van der Waals surface area contributed by atoms with E-state index in [1.54, 1.807) is 31.3 Å². The standard InChI is InChI=1S/C21H18Cl3F4N3O/c1-29-30-14-8-19(25,9-14)12-4-2-11(3-5-12)17-10-20(32-31-17,21(26,27)28)13-6-15(22)18(24)16(23)7-13/h2-7,14,29-30H,8-10H2,1H3. The van der Waals surface area contributed by atoms with Crippen LogP contribution in [0, 0.1) is 0 Å². The second kappa shape index (κ2) is 8.33. The molecule has 0 aromatic heterocycles. The summed E-state index contributed by atoms with van der Waals surface area (Å²) >= 11 is 17.8. The minimum Gasteiger partial charge on any atom is -0.374 e. The average molecular weight is 511 g/mol. The van der Waals surface area contributed by atoms with Gasteiger partial charge >= 0.3 is 6.18 Å². The van der Waals surface area contributed by atoms with Crippen molar-refractivity contribution in [3.8, 4) is 0 Å². The van der Waals surface area contributed by atoms with Gasteiger partial charge in [-0.05, 0) is 30.3 Å². The number of rotatable bonds is 5. The quantitative estimate of drug-likeness (QED) is 0.283. The van der Waals surface area contributed by atoms with Crippen LogP contribution in [0.2, 0.25) is 15.1 Å². The van der Waals surface area contributed by atoms with Crippen LogP contribution in [0.15, 0.2) is 41.6 Å². The van der Waals surface area contributed by atoms with E-state index in [2.05, 4.69) is 16.0 Å². The van der Waals surface area contributed by atoms with Crippen LogP contribution in [0.1, 0.15) is 36.0 Å². The molecule has 1 aliphatic carbocycles. The van der Waals surface area contributed by atoms with Gasteiger partial charge in [-0.1, -0.05) is 64.2 Å². The predicted octanol–water partition coefficient (Wildman–Crippen LogP) is 6.28. The molecule has 0 spiro atoms. The Morgan fingerprint density at radius 2 is 1.62 bits per heavy atom. The summed E-state index contributed by atoms with van der Waals surface area (Å²) in [4.78, 5) is 4.99. The molecule has 1 aliphatic heterocycles. The van der Waals surface area contributed by atoms with Gasteiger partial charge in [-0.2, -0.15) is 13.2 Å². The first-order valence-electron chi connectivity index (χ1n) is 9.68. The molecule has 0 bridgehead atoms. The van der Waals surface area contributed by atoms with Gasteiger partial charge in [0, 0.05) is 30.9 Å². The normalized spacial score (nSPS) is 27.6. The molecule has 4 nitrogen and oxygen atoms in total. The van der Waals surface area contributed by atoms with E-state index in [0.717, 1.165) is 12.1 Å². The number of nitrogens with zero attached hydrogens (tertiary/aromatic N) is 1. The summed E-state index contributed by atoms with van der Waals surface area (Å²) < 4.78 is 57.5. The molecule has 32 heavy (non-hydrogen) atoms. The lowest BCUT2D eigenvalue weighted by molar-refractivity contribution is -0.275. The van der Waals surface area contributed by atoms with Crippen LogP contribution in [-0.4, -0.2) is 25.0 Å². The zero-order chi connectivity index (χ0) is 23.3. The van der Waals surface area contributed by atoms with Crippen molar-refractivity contribution in [1.82, 2.24) is 10.9 Å². The first-order valence-corrected chi connectivity index (χ1v) is 10.8. The molecular formula is C21H18Cl3F4N3O. The summed E-state index contributed by atoms with van der Waals surface area (Å²) in [5.41, 5.74) is 2.14. The molecule has 1 saturated carbocycles. The van der Waals surface area contributed by atoms with Gasteiger partial charge < -0.3 is 4.84 Å². The highest BCUT2D eigenvalue weighted by molar-refractivity contribution is 6.48. The minimum atomic E-state index is -4.82. The molecule has 2 N–H and O–H groups in total. The molecule has 1 fully saturated rings. The molecule has 11 heteroatoms. The van der Waals surface area contributed by atoms with Gasteiger partial charge in [-0.3, -0.25) is 10.9 Å². The Balaban J connectivity index is 1.58. The predicted molar refractivity (Wildman–Crippen MR) is 116 cm³/mol. The minimum absolute atomic E-state index is 0.0164. The van der Waals surface area contributed by atoms with Crippen LogP contribution in [0.5, 0.6) is 0 Å². The Morgan fingerprint density at radius 1 is 1.03 bits per heavy atom. The lowest BCUT2D eigenvalue weighted by atomic mass is 9.73. The molecule has 4 rings (SSSR count). The smallest absolute Gasteiger partial charge is 0.374 e. The highest BCUT2D eigenvalue weighted by Gasteiger charge is 2.62. The molecule has 0 saturated heterocycles. The van der Waals surface area contributed by atoms with Crippen LogP contribution in [-0.2, 0) is 16.1 Å². The van der Waals surface area contributed by atoms with Crippen molar-refractivity contribution in [2.24, 2.45) is 5.16 Å². The third-order valence-corrected chi connectivity index (χ3v) is 7.06. The number of hydrogen-bond acceptors (Lipinski definition) is 4. The van der Waals surface area contributed by atoms with Crippen molar-refractivity contribution in [2.75, 3.05) is 7.05 Å². The number of benzene rings is 2. The number of alkyl halides is 4. The summed E-state index contributed by atoms with van der Waals surface area (Å²) in [7, 11) is 1.71. The van der Waals surface area contributed by atoms with Crippen molar-refractivity contribution in [3.05, 3.63) is 68.2 Å². The van der Waals surface area contributed by atoms with Crippen LogP contribution in [0.4, 0.5) is 17.6 Å². The fourth-order valence-corrected chi connectivity index (χ4v) is 4.67. The first kappa shape index (κ1) is 23.6. The van der Waals surface area contributed by atoms with Gasteiger partial charge in [0.05, 0.1) is 20.8 Å². The molecule has 1 unspecified atom stereocenters. The van der Waals surface area contributed by atoms with Gasteiger partial charge in [0.15, 0.2) is 0 Å². The number of oxime groups is 1. The van der Waals surface area contributed by atoms with Gasteiger partial charge in [-0.25, -0.2) is 4.39 Å². The summed E-state index contributed by atoms with van der Waals surface area (Å²) in [5.74, 6) is 0. The van der Waals surface area contributed by atoms with Crippen molar-refractivity contribution in [3.63, 3.8) is 0 Å². The highest BCUT2D eigenvalue weighted by atomic mass is 35.5. The maximum Gasteiger partial charge on any atom is 0.435 e. The average Bonchev–Trinajstić information content (AvgIpc) is 3.18. The van der Waals surface area contributed by atoms with Crippen molar-refractivity contribution < 1.29 is 22.4 Å². The molecule has 1 atom stereocenters. The lowest BCUT2D eigenvalue weighted by Gasteiger charge is -2.42. The Kier molecular flexibility index (Phi) is 6.13. The maximum atomic E-state index is 15.0. The largest absolute Gasteiger partial charge is 0.435 e. The van der Waals surface area contributed by atoms with E-state index in [4.69, 9.17) is 39.6 Å². The van der Waals surface area contributed by atoms with Gasteiger partial charge in [0.2, 0.25) is 0 Å². The molecule has 0 amide bonds. The van der Waals surface area contributed by atoms with Gasteiger partial charge in [-0.15, -0.1) is 0 Å². The van der Waals surface area contributed by atoms with E-state index in [-0.39, 0.29) is 32.4 Å². The third kappa shape index (κ3) is 3.96. The Morgan fingerprint density at radius 3 is 2.16 bits per heavy atom. The second-order valence-electron chi connectivity index (χ2n) is 7.93. The summed E-state index contributed by atoms with van der Waals surface area (Å²) in [6, 6.07) is 8.39. The van der Waals surface area contributed by atoms with E-state index in [0.29, 0.717) is 24.0 Å². The van der Waals surface area contributed by atoms with Crippen molar-refractivity contribution >= 4 is 40.5 Å². The summed E-state index contributed by atoms with van der Waals surface area (Å²) in [6.45, 7) is 0. The van der Waals surface area contributed by atoms with Crippen LogP contribution < -0.4 is 10.9 Å². The van der Waals surface area contributed by atoms with E-state index >= 15 is 4.39 Å². The zero-order valence-electron chi connectivity index (χ0n) is 16.7. The summed E-state index contributed by atoms with van der Waals surface area (Å²) in [6.07, 6.45) is -4.82. The number of hydrogen-bond donors (Lipinski definition) is 2. The van der Waals surface area contributed by atoms with E-state index < -0.39 is 23.9 Å². The van der Waals surface area contributed by atoms with Crippen LogP contribution >= 0.6 is 34.8 Å². The fourth-order valence-electron chi connectivity index (χ4n) is 4.07. The number of nitrogens with one attached hydrogen (secondary N) is 2. The maximum absolute atomic E-state index is 15.0. The zero-order valence-corrected chi connectivity index (χ0v) is 18.9. The monoisotopic (exact) mass is 509 g/mol. The van der Waals surface area contributed by atoms with E-state index in [9.17, 15) is 13.2 Å².